The summed E-state index contributed by atoms with van der Waals surface area (Å²) >= 11 is 6.23. The lowest BCUT2D eigenvalue weighted by molar-refractivity contribution is -0.116. The van der Waals surface area contributed by atoms with E-state index in [-0.39, 0.29) is 5.91 Å². The van der Waals surface area contributed by atoms with E-state index in [9.17, 15) is 4.79 Å². The fourth-order valence-corrected chi connectivity index (χ4v) is 2.45. The van der Waals surface area contributed by atoms with Crippen molar-refractivity contribution in [2.75, 3.05) is 4.90 Å². The van der Waals surface area contributed by atoms with Crippen LogP contribution in [-0.4, -0.2) is 15.9 Å². The van der Waals surface area contributed by atoms with Crippen molar-refractivity contribution in [3.05, 3.63) is 52.6 Å². The Balaban J connectivity index is 2.48. The van der Waals surface area contributed by atoms with Crippen LogP contribution < -0.4 is 4.90 Å². The topological polar surface area (TPSA) is 46.1 Å². The summed E-state index contributed by atoms with van der Waals surface area (Å²) in [5.41, 5.74) is 2.86. The van der Waals surface area contributed by atoms with Crippen LogP contribution in [0.3, 0.4) is 0 Å². The standard InChI is InChI=1S/C16H18ClN3O/c1-4-13-6-7-14(17)11(2)16(13)20(12(3)21)10-15-18-8-5-9-19-15/h5-9H,4,10H2,1-3H3. The molecule has 0 radical (unpaired) electrons. The van der Waals surface area contributed by atoms with Crippen molar-refractivity contribution < 1.29 is 4.79 Å². The van der Waals surface area contributed by atoms with Crippen LogP contribution in [0.4, 0.5) is 5.69 Å². The summed E-state index contributed by atoms with van der Waals surface area (Å²) in [7, 11) is 0. The van der Waals surface area contributed by atoms with Gasteiger partial charge in [-0.15, -0.1) is 0 Å². The molecule has 2 rings (SSSR count). The Morgan fingerprint density at radius 1 is 1.29 bits per heavy atom. The summed E-state index contributed by atoms with van der Waals surface area (Å²) in [6.45, 7) is 5.87. The minimum atomic E-state index is -0.0532. The van der Waals surface area contributed by atoms with Crippen LogP contribution in [0.1, 0.15) is 30.8 Å². The van der Waals surface area contributed by atoms with Crippen molar-refractivity contribution in [3.63, 3.8) is 0 Å². The number of aromatic nitrogens is 2. The maximum Gasteiger partial charge on any atom is 0.224 e. The van der Waals surface area contributed by atoms with Crippen molar-refractivity contribution in [2.24, 2.45) is 0 Å². The summed E-state index contributed by atoms with van der Waals surface area (Å²) in [5, 5.41) is 0.655. The monoisotopic (exact) mass is 303 g/mol. The molecule has 1 amide bonds. The normalized spacial score (nSPS) is 10.5. The molecule has 21 heavy (non-hydrogen) atoms. The van der Waals surface area contributed by atoms with E-state index in [4.69, 9.17) is 11.6 Å². The Morgan fingerprint density at radius 2 is 1.95 bits per heavy atom. The maximum absolute atomic E-state index is 12.1. The molecule has 4 nitrogen and oxygen atoms in total. The van der Waals surface area contributed by atoms with Gasteiger partial charge >= 0.3 is 0 Å². The number of nitrogens with zero attached hydrogens (tertiary/aromatic N) is 3. The highest BCUT2D eigenvalue weighted by Gasteiger charge is 2.20. The van der Waals surface area contributed by atoms with E-state index in [0.717, 1.165) is 23.2 Å². The molecule has 0 fully saturated rings. The van der Waals surface area contributed by atoms with Crippen LogP contribution in [-0.2, 0) is 17.8 Å². The molecule has 1 heterocycles. The van der Waals surface area contributed by atoms with Gasteiger partial charge in [-0.05, 0) is 36.6 Å². The van der Waals surface area contributed by atoms with E-state index >= 15 is 0 Å². The quantitative estimate of drug-likeness (QED) is 0.867. The minimum Gasteiger partial charge on any atom is -0.304 e. The van der Waals surface area contributed by atoms with Gasteiger partial charge in [0.2, 0.25) is 5.91 Å². The number of carbonyl (C=O) groups excluding carboxylic acids is 1. The minimum absolute atomic E-state index is 0.0532. The molecule has 0 saturated carbocycles. The third-order valence-electron chi connectivity index (χ3n) is 3.40. The molecule has 0 saturated heterocycles. The molecule has 1 aromatic heterocycles. The first-order chi connectivity index (χ1) is 10.0. The van der Waals surface area contributed by atoms with Crippen molar-refractivity contribution in [1.82, 2.24) is 9.97 Å². The molecule has 0 bridgehead atoms. The van der Waals surface area contributed by atoms with Crippen LogP contribution in [0.2, 0.25) is 5.02 Å². The molecule has 0 N–H and O–H groups in total. The molecule has 0 aliphatic rings. The summed E-state index contributed by atoms with van der Waals surface area (Å²) < 4.78 is 0. The first-order valence-electron chi connectivity index (χ1n) is 6.86. The van der Waals surface area contributed by atoms with Gasteiger partial charge in [-0.3, -0.25) is 4.79 Å². The van der Waals surface area contributed by atoms with Crippen molar-refractivity contribution in [1.29, 1.82) is 0 Å². The lowest BCUT2D eigenvalue weighted by Crippen LogP contribution is -2.30. The van der Waals surface area contributed by atoms with Gasteiger partial charge in [-0.1, -0.05) is 24.6 Å². The molecule has 110 valence electrons. The third-order valence-corrected chi connectivity index (χ3v) is 3.81. The number of hydrogen-bond acceptors (Lipinski definition) is 3. The second-order valence-corrected chi connectivity index (χ2v) is 5.21. The Morgan fingerprint density at radius 3 is 2.52 bits per heavy atom. The number of carbonyl (C=O) groups is 1. The van der Waals surface area contributed by atoms with Gasteiger partial charge < -0.3 is 4.90 Å². The zero-order valence-electron chi connectivity index (χ0n) is 12.4. The van der Waals surface area contributed by atoms with Crippen LogP contribution in [0.5, 0.6) is 0 Å². The summed E-state index contributed by atoms with van der Waals surface area (Å²) in [5.74, 6) is 0.552. The summed E-state index contributed by atoms with van der Waals surface area (Å²) in [6, 6.07) is 5.59. The van der Waals surface area contributed by atoms with Gasteiger partial charge in [0.1, 0.15) is 5.82 Å². The Labute approximate surface area is 129 Å². The number of halogens is 1. The molecule has 1 aromatic carbocycles. The summed E-state index contributed by atoms with van der Waals surface area (Å²) in [6.07, 6.45) is 4.17. The predicted octanol–water partition coefficient (Wildman–Crippen LogP) is 3.55. The smallest absolute Gasteiger partial charge is 0.224 e. The third kappa shape index (κ3) is 3.39. The fourth-order valence-electron chi connectivity index (χ4n) is 2.29. The highest BCUT2D eigenvalue weighted by atomic mass is 35.5. The molecular formula is C16H18ClN3O. The van der Waals surface area contributed by atoms with Crippen LogP contribution >= 0.6 is 11.6 Å². The van der Waals surface area contributed by atoms with Gasteiger partial charge in [-0.25, -0.2) is 9.97 Å². The van der Waals surface area contributed by atoms with Crippen LogP contribution in [0.15, 0.2) is 30.6 Å². The number of aryl methyl sites for hydroxylation is 1. The molecule has 0 unspecified atom stereocenters. The molecule has 2 aromatic rings. The first-order valence-corrected chi connectivity index (χ1v) is 7.24. The van der Waals surface area contributed by atoms with E-state index in [1.165, 1.54) is 0 Å². The average molecular weight is 304 g/mol. The second kappa shape index (κ2) is 6.68. The summed E-state index contributed by atoms with van der Waals surface area (Å²) in [4.78, 5) is 22.2. The number of amides is 1. The van der Waals surface area contributed by atoms with E-state index in [1.807, 2.05) is 19.1 Å². The highest BCUT2D eigenvalue weighted by Crippen LogP contribution is 2.32. The van der Waals surface area contributed by atoms with Gasteiger partial charge in [0.05, 0.1) is 12.2 Å². The van der Waals surface area contributed by atoms with Gasteiger partial charge in [0.15, 0.2) is 0 Å². The molecular weight excluding hydrogens is 286 g/mol. The van der Waals surface area contributed by atoms with E-state index in [1.54, 1.807) is 30.3 Å². The SMILES string of the molecule is CCc1ccc(Cl)c(C)c1N(Cc1ncccn1)C(C)=O. The van der Waals surface area contributed by atoms with Gasteiger partial charge in [0, 0.05) is 24.3 Å². The van der Waals surface area contributed by atoms with Crippen molar-refractivity contribution in [2.45, 2.75) is 33.7 Å². The predicted molar refractivity (Wildman–Crippen MR) is 84.5 cm³/mol. The van der Waals surface area contributed by atoms with E-state index in [2.05, 4.69) is 16.9 Å². The maximum atomic E-state index is 12.1. The highest BCUT2D eigenvalue weighted by molar-refractivity contribution is 6.31. The number of rotatable bonds is 4. The largest absolute Gasteiger partial charge is 0.304 e. The molecule has 0 atom stereocenters. The van der Waals surface area contributed by atoms with E-state index < -0.39 is 0 Å². The Hall–Kier alpha value is -1.94. The van der Waals surface area contributed by atoms with Crippen molar-refractivity contribution in [3.8, 4) is 0 Å². The lowest BCUT2D eigenvalue weighted by atomic mass is 10.0. The number of hydrogen-bond donors (Lipinski definition) is 0. The van der Waals surface area contributed by atoms with Crippen LogP contribution in [0, 0.1) is 6.92 Å². The lowest BCUT2D eigenvalue weighted by Gasteiger charge is -2.25. The second-order valence-electron chi connectivity index (χ2n) is 4.80. The van der Waals surface area contributed by atoms with Gasteiger partial charge in [-0.2, -0.15) is 0 Å². The number of benzene rings is 1. The molecule has 0 aliphatic carbocycles. The van der Waals surface area contributed by atoms with Gasteiger partial charge in [0.25, 0.3) is 0 Å². The average Bonchev–Trinajstić information content (AvgIpc) is 2.49. The van der Waals surface area contributed by atoms with E-state index in [0.29, 0.717) is 17.4 Å². The zero-order chi connectivity index (χ0) is 15.4. The Kier molecular flexibility index (Phi) is 4.91. The number of anilines is 1. The molecule has 5 heteroatoms. The first kappa shape index (κ1) is 15.4. The Bertz CT molecular complexity index is 643. The zero-order valence-corrected chi connectivity index (χ0v) is 13.2. The molecule has 0 aliphatic heterocycles. The molecule has 0 spiro atoms. The van der Waals surface area contributed by atoms with Crippen molar-refractivity contribution >= 4 is 23.2 Å². The fraction of sp³-hybridized carbons (Fsp3) is 0.312. The van der Waals surface area contributed by atoms with Crippen LogP contribution in [0.25, 0.3) is 0 Å².